The van der Waals surface area contributed by atoms with Crippen LogP contribution >= 0.6 is 0 Å². The molecule has 2 heterocycles. The molecule has 0 fully saturated rings. The first kappa shape index (κ1) is 10.8. The predicted molar refractivity (Wildman–Crippen MR) is 60.9 cm³/mol. The Bertz CT molecular complexity index is 462. The molecule has 16 heavy (non-hydrogen) atoms. The summed E-state index contributed by atoms with van der Waals surface area (Å²) in [5, 5.41) is 4.36. The number of rotatable bonds is 3. The topological polar surface area (TPSA) is 69.6 Å². The molecule has 1 atom stereocenters. The lowest BCUT2D eigenvalue weighted by atomic mass is 10.1. The molecule has 2 aromatic heterocycles. The molecule has 0 spiro atoms. The molecule has 2 rings (SSSR count). The normalized spacial score (nSPS) is 12.7. The molecular weight excluding hydrogens is 202 g/mol. The first-order valence-electron chi connectivity index (χ1n) is 5.22. The van der Waals surface area contributed by atoms with Crippen LogP contribution in [-0.4, -0.2) is 26.3 Å². The summed E-state index contributed by atoms with van der Waals surface area (Å²) in [6.07, 6.45) is 3.52. The van der Waals surface area contributed by atoms with E-state index in [0.29, 0.717) is 6.54 Å². The van der Waals surface area contributed by atoms with Crippen molar-refractivity contribution in [3.05, 3.63) is 41.7 Å². The summed E-state index contributed by atoms with van der Waals surface area (Å²) in [4.78, 5) is 8.28. The molecule has 5 heteroatoms. The average Bonchev–Trinajstić information content (AvgIpc) is 2.61. The van der Waals surface area contributed by atoms with Gasteiger partial charge in [0.1, 0.15) is 11.6 Å². The fourth-order valence-electron chi connectivity index (χ4n) is 1.79. The standard InChI is InChI=1S/C11H15N5/c1-8-14-9(2)16(15-8)11(7-12)10-3-5-13-6-4-10/h3-6,11H,7,12H2,1-2H3. The number of nitrogens with zero attached hydrogens (tertiary/aromatic N) is 4. The van der Waals surface area contributed by atoms with Crippen LogP contribution < -0.4 is 5.73 Å². The van der Waals surface area contributed by atoms with E-state index in [1.165, 1.54) is 0 Å². The van der Waals surface area contributed by atoms with Gasteiger partial charge in [0.25, 0.3) is 0 Å². The number of aryl methyl sites for hydroxylation is 2. The molecule has 0 radical (unpaired) electrons. The minimum absolute atomic E-state index is 0.0317. The zero-order valence-electron chi connectivity index (χ0n) is 9.46. The minimum atomic E-state index is 0.0317. The second kappa shape index (κ2) is 4.40. The quantitative estimate of drug-likeness (QED) is 0.827. The van der Waals surface area contributed by atoms with Crippen LogP contribution in [0.5, 0.6) is 0 Å². The van der Waals surface area contributed by atoms with Gasteiger partial charge in [-0.2, -0.15) is 5.10 Å². The lowest BCUT2D eigenvalue weighted by Gasteiger charge is -2.16. The molecule has 0 saturated heterocycles. The minimum Gasteiger partial charge on any atom is -0.328 e. The Kier molecular flexibility index (Phi) is 2.96. The van der Waals surface area contributed by atoms with Crippen molar-refractivity contribution >= 4 is 0 Å². The molecule has 2 aromatic rings. The summed E-state index contributed by atoms with van der Waals surface area (Å²) < 4.78 is 1.87. The average molecular weight is 217 g/mol. The summed E-state index contributed by atoms with van der Waals surface area (Å²) in [5.41, 5.74) is 6.91. The van der Waals surface area contributed by atoms with Gasteiger partial charge in [-0.15, -0.1) is 0 Å². The number of hydrogen-bond donors (Lipinski definition) is 1. The third kappa shape index (κ3) is 1.94. The van der Waals surface area contributed by atoms with Gasteiger partial charge in [0.15, 0.2) is 0 Å². The summed E-state index contributed by atoms with van der Waals surface area (Å²) in [5.74, 6) is 1.65. The number of nitrogens with two attached hydrogens (primary N) is 1. The molecule has 0 aromatic carbocycles. The van der Waals surface area contributed by atoms with Crippen molar-refractivity contribution in [3.63, 3.8) is 0 Å². The molecule has 0 aliphatic rings. The molecule has 0 saturated carbocycles. The highest BCUT2D eigenvalue weighted by Gasteiger charge is 2.15. The van der Waals surface area contributed by atoms with Crippen LogP contribution in [0.3, 0.4) is 0 Å². The Hall–Kier alpha value is -1.75. The van der Waals surface area contributed by atoms with E-state index in [2.05, 4.69) is 15.1 Å². The number of pyridine rings is 1. The van der Waals surface area contributed by atoms with Crippen molar-refractivity contribution in [2.75, 3.05) is 6.54 Å². The fourth-order valence-corrected chi connectivity index (χ4v) is 1.79. The van der Waals surface area contributed by atoms with Crippen molar-refractivity contribution in [2.24, 2.45) is 5.73 Å². The largest absolute Gasteiger partial charge is 0.328 e. The van der Waals surface area contributed by atoms with Crippen LogP contribution in [0.4, 0.5) is 0 Å². The van der Waals surface area contributed by atoms with Gasteiger partial charge in [-0.05, 0) is 31.5 Å². The highest BCUT2D eigenvalue weighted by molar-refractivity contribution is 5.17. The maximum atomic E-state index is 5.81. The lowest BCUT2D eigenvalue weighted by molar-refractivity contribution is 0.514. The van der Waals surface area contributed by atoms with Crippen LogP contribution in [-0.2, 0) is 0 Å². The number of hydrogen-bond acceptors (Lipinski definition) is 4. The molecular formula is C11H15N5. The predicted octanol–water partition coefficient (Wildman–Crippen LogP) is 0.838. The van der Waals surface area contributed by atoms with E-state index in [1.807, 2.05) is 30.7 Å². The molecule has 1 unspecified atom stereocenters. The molecule has 0 bridgehead atoms. The second-order valence-electron chi connectivity index (χ2n) is 3.68. The van der Waals surface area contributed by atoms with Crippen LogP contribution in [0.2, 0.25) is 0 Å². The maximum Gasteiger partial charge on any atom is 0.147 e. The highest BCUT2D eigenvalue weighted by atomic mass is 15.4. The Morgan fingerprint density at radius 3 is 2.50 bits per heavy atom. The zero-order chi connectivity index (χ0) is 11.5. The molecule has 84 valence electrons. The first-order chi connectivity index (χ1) is 7.72. The van der Waals surface area contributed by atoms with Gasteiger partial charge in [-0.25, -0.2) is 9.67 Å². The molecule has 5 nitrogen and oxygen atoms in total. The molecule has 0 amide bonds. The van der Waals surface area contributed by atoms with E-state index < -0.39 is 0 Å². The van der Waals surface area contributed by atoms with Crippen LogP contribution in [0.15, 0.2) is 24.5 Å². The van der Waals surface area contributed by atoms with Gasteiger partial charge in [-0.1, -0.05) is 0 Å². The van der Waals surface area contributed by atoms with Crippen LogP contribution in [0.1, 0.15) is 23.3 Å². The smallest absolute Gasteiger partial charge is 0.147 e. The third-order valence-electron chi connectivity index (χ3n) is 2.52. The summed E-state index contributed by atoms with van der Waals surface area (Å²) in [6.45, 7) is 4.31. The van der Waals surface area contributed by atoms with Gasteiger partial charge in [-0.3, -0.25) is 4.98 Å². The highest BCUT2D eigenvalue weighted by Crippen LogP contribution is 2.16. The third-order valence-corrected chi connectivity index (χ3v) is 2.52. The fraction of sp³-hybridized carbons (Fsp3) is 0.364. The molecule has 0 aliphatic heterocycles. The Balaban J connectivity index is 2.40. The van der Waals surface area contributed by atoms with Crippen molar-refractivity contribution in [1.29, 1.82) is 0 Å². The summed E-state index contributed by atoms with van der Waals surface area (Å²) >= 11 is 0. The maximum absolute atomic E-state index is 5.81. The SMILES string of the molecule is Cc1nc(C)n(C(CN)c2ccncc2)n1. The van der Waals surface area contributed by atoms with Gasteiger partial charge in [0.05, 0.1) is 6.04 Å². The van der Waals surface area contributed by atoms with E-state index in [4.69, 9.17) is 5.73 Å². The monoisotopic (exact) mass is 217 g/mol. The number of aromatic nitrogens is 4. The van der Waals surface area contributed by atoms with Crippen molar-refractivity contribution < 1.29 is 0 Å². The van der Waals surface area contributed by atoms with Crippen molar-refractivity contribution in [1.82, 2.24) is 19.7 Å². The first-order valence-corrected chi connectivity index (χ1v) is 5.22. The van der Waals surface area contributed by atoms with Gasteiger partial charge in [0, 0.05) is 18.9 Å². The van der Waals surface area contributed by atoms with Gasteiger partial charge in [0.2, 0.25) is 0 Å². The summed E-state index contributed by atoms with van der Waals surface area (Å²) in [7, 11) is 0. The second-order valence-corrected chi connectivity index (χ2v) is 3.68. The van der Waals surface area contributed by atoms with Gasteiger partial charge < -0.3 is 5.73 Å². The summed E-state index contributed by atoms with van der Waals surface area (Å²) in [6, 6.07) is 3.94. The molecule has 2 N–H and O–H groups in total. The van der Waals surface area contributed by atoms with Crippen molar-refractivity contribution in [2.45, 2.75) is 19.9 Å². The van der Waals surface area contributed by atoms with E-state index in [0.717, 1.165) is 17.2 Å². The van der Waals surface area contributed by atoms with Crippen LogP contribution in [0.25, 0.3) is 0 Å². The van der Waals surface area contributed by atoms with E-state index in [1.54, 1.807) is 12.4 Å². The zero-order valence-corrected chi connectivity index (χ0v) is 9.46. The van der Waals surface area contributed by atoms with Gasteiger partial charge >= 0.3 is 0 Å². The Morgan fingerprint density at radius 1 is 1.31 bits per heavy atom. The Morgan fingerprint density at radius 2 is 2.00 bits per heavy atom. The lowest BCUT2D eigenvalue weighted by Crippen LogP contribution is -2.22. The van der Waals surface area contributed by atoms with E-state index in [-0.39, 0.29) is 6.04 Å². The van der Waals surface area contributed by atoms with E-state index >= 15 is 0 Å². The molecule has 0 aliphatic carbocycles. The van der Waals surface area contributed by atoms with Crippen LogP contribution in [0, 0.1) is 13.8 Å². The Labute approximate surface area is 94.3 Å². The van der Waals surface area contributed by atoms with E-state index in [9.17, 15) is 0 Å². The van der Waals surface area contributed by atoms with Crippen molar-refractivity contribution in [3.8, 4) is 0 Å².